The third-order valence-electron chi connectivity index (χ3n) is 9.14. The number of anilines is 1. The Balaban J connectivity index is 1.23. The summed E-state index contributed by atoms with van der Waals surface area (Å²) in [5.41, 5.74) is 9.11. The zero-order valence-corrected chi connectivity index (χ0v) is 19.2. The van der Waals surface area contributed by atoms with Crippen LogP contribution in [0.1, 0.15) is 70.8 Å². The maximum absolute atomic E-state index is 6.23. The largest absolute Gasteiger partial charge is 0.342 e. The molecule has 2 saturated carbocycles. The Morgan fingerprint density at radius 3 is 2.29 bits per heavy atom. The monoisotopic (exact) mass is 421 g/mol. The van der Waals surface area contributed by atoms with Gasteiger partial charge in [0.25, 0.3) is 0 Å². The molecule has 2 saturated heterocycles. The Bertz CT molecular complexity index is 907. The van der Waals surface area contributed by atoms with E-state index in [0.717, 1.165) is 18.6 Å². The standard InChI is InChI=1S/C26H39N5/c1-26(13-7-3-2-4-8-14-26)30-15-11-19(12-16-30)31-23-10-6-5-9-22(23)28-25(31)29-17-20-21(18-29)24(20)27/h5-6,9-10,19-21,24H,2-4,7-8,11-18,27H2,1H3. The molecule has 31 heavy (non-hydrogen) atoms. The van der Waals surface area contributed by atoms with E-state index in [2.05, 4.69) is 45.6 Å². The number of benzene rings is 1. The third kappa shape index (κ3) is 3.48. The molecule has 2 aliphatic carbocycles. The lowest BCUT2D eigenvalue weighted by molar-refractivity contribution is 0.0443. The SMILES string of the molecule is CC1(N2CCC(n3c(N4CC5C(N)C5C4)nc4ccccc43)CC2)CCCCCCC1. The average molecular weight is 422 g/mol. The van der Waals surface area contributed by atoms with E-state index in [1.54, 1.807) is 0 Å². The molecule has 0 amide bonds. The summed E-state index contributed by atoms with van der Waals surface area (Å²) in [6.07, 6.45) is 12.4. The molecule has 0 spiro atoms. The number of likely N-dealkylation sites (tertiary alicyclic amines) is 1. The van der Waals surface area contributed by atoms with Crippen LogP contribution in [0.5, 0.6) is 0 Å². The van der Waals surface area contributed by atoms with Crippen molar-refractivity contribution in [3.05, 3.63) is 24.3 Å². The maximum atomic E-state index is 6.23. The number of hydrogen-bond donors (Lipinski definition) is 1. The summed E-state index contributed by atoms with van der Waals surface area (Å²) >= 11 is 0. The minimum Gasteiger partial charge on any atom is -0.342 e. The topological polar surface area (TPSA) is 50.3 Å². The third-order valence-corrected chi connectivity index (χ3v) is 9.14. The van der Waals surface area contributed by atoms with Gasteiger partial charge in [-0.05, 0) is 56.6 Å². The molecule has 1 aromatic heterocycles. The van der Waals surface area contributed by atoms with Crippen LogP contribution in [0.2, 0.25) is 0 Å². The summed E-state index contributed by atoms with van der Waals surface area (Å²) in [6.45, 7) is 7.18. The highest BCUT2D eigenvalue weighted by molar-refractivity contribution is 5.79. The molecule has 3 heterocycles. The molecule has 2 N–H and O–H groups in total. The molecule has 1 aromatic carbocycles. The van der Waals surface area contributed by atoms with Crippen molar-refractivity contribution in [2.75, 3.05) is 31.1 Å². The van der Waals surface area contributed by atoms with Gasteiger partial charge in [0.1, 0.15) is 0 Å². The maximum Gasteiger partial charge on any atom is 0.206 e. The lowest BCUT2D eigenvalue weighted by atomic mass is 9.82. The number of fused-ring (bicyclic) bond motifs is 2. The van der Waals surface area contributed by atoms with E-state index < -0.39 is 0 Å². The fourth-order valence-corrected chi connectivity index (χ4v) is 7.00. The van der Waals surface area contributed by atoms with Gasteiger partial charge in [0.05, 0.1) is 11.0 Å². The summed E-state index contributed by atoms with van der Waals surface area (Å²) in [4.78, 5) is 10.5. The van der Waals surface area contributed by atoms with Gasteiger partial charge in [0, 0.05) is 43.8 Å². The van der Waals surface area contributed by atoms with Gasteiger partial charge < -0.3 is 15.2 Å². The fraction of sp³-hybridized carbons (Fsp3) is 0.731. The predicted molar refractivity (Wildman–Crippen MR) is 127 cm³/mol. The second kappa shape index (κ2) is 7.77. The van der Waals surface area contributed by atoms with Crippen LogP contribution >= 0.6 is 0 Å². The van der Waals surface area contributed by atoms with Gasteiger partial charge in [-0.2, -0.15) is 0 Å². The second-order valence-corrected chi connectivity index (χ2v) is 11.1. The highest BCUT2D eigenvalue weighted by Crippen LogP contribution is 2.46. The van der Waals surface area contributed by atoms with E-state index in [9.17, 15) is 0 Å². The number of rotatable bonds is 3. The second-order valence-electron chi connectivity index (χ2n) is 11.1. The molecule has 0 bridgehead atoms. The fourth-order valence-electron chi connectivity index (χ4n) is 7.00. The van der Waals surface area contributed by atoms with Gasteiger partial charge in [-0.1, -0.05) is 44.2 Å². The Morgan fingerprint density at radius 2 is 1.58 bits per heavy atom. The molecule has 2 aromatic rings. The van der Waals surface area contributed by atoms with Crippen molar-refractivity contribution in [1.82, 2.24) is 14.5 Å². The van der Waals surface area contributed by atoms with Crippen molar-refractivity contribution in [3.63, 3.8) is 0 Å². The van der Waals surface area contributed by atoms with Crippen molar-refractivity contribution in [2.24, 2.45) is 17.6 Å². The number of piperidine rings is 2. The zero-order chi connectivity index (χ0) is 21.0. The van der Waals surface area contributed by atoms with Crippen LogP contribution in [0.4, 0.5) is 5.95 Å². The Morgan fingerprint density at radius 1 is 0.935 bits per heavy atom. The number of nitrogens with two attached hydrogens (primary N) is 1. The first-order chi connectivity index (χ1) is 15.1. The smallest absolute Gasteiger partial charge is 0.206 e. The molecule has 2 atom stereocenters. The molecule has 4 fully saturated rings. The quantitative estimate of drug-likeness (QED) is 0.789. The van der Waals surface area contributed by atoms with Crippen LogP contribution < -0.4 is 10.6 Å². The van der Waals surface area contributed by atoms with Crippen molar-refractivity contribution >= 4 is 17.0 Å². The van der Waals surface area contributed by atoms with E-state index in [0.29, 0.717) is 29.5 Å². The molecule has 168 valence electrons. The molecule has 5 heteroatoms. The highest BCUT2D eigenvalue weighted by Gasteiger charge is 2.54. The minimum absolute atomic E-state index is 0.414. The predicted octanol–water partition coefficient (Wildman–Crippen LogP) is 4.57. The normalized spacial score (nSPS) is 32.1. The van der Waals surface area contributed by atoms with Crippen molar-refractivity contribution in [3.8, 4) is 0 Å². The van der Waals surface area contributed by atoms with Crippen LogP contribution in [-0.2, 0) is 0 Å². The van der Waals surface area contributed by atoms with E-state index in [-0.39, 0.29) is 0 Å². The average Bonchev–Trinajstić information content (AvgIpc) is 3.15. The number of imidazole rings is 1. The van der Waals surface area contributed by atoms with Gasteiger partial charge in [0.2, 0.25) is 5.95 Å². The van der Waals surface area contributed by atoms with Gasteiger partial charge in [-0.25, -0.2) is 4.98 Å². The molecule has 0 radical (unpaired) electrons. The minimum atomic E-state index is 0.414. The first-order valence-electron chi connectivity index (χ1n) is 12.9. The van der Waals surface area contributed by atoms with Crippen molar-refractivity contribution < 1.29 is 0 Å². The van der Waals surface area contributed by atoms with E-state index >= 15 is 0 Å². The van der Waals surface area contributed by atoms with Gasteiger partial charge in [0.15, 0.2) is 0 Å². The van der Waals surface area contributed by atoms with E-state index in [1.807, 2.05) is 0 Å². The van der Waals surface area contributed by atoms with Crippen LogP contribution in [-0.4, -0.2) is 52.2 Å². The summed E-state index contributed by atoms with van der Waals surface area (Å²) in [7, 11) is 0. The van der Waals surface area contributed by atoms with Gasteiger partial charge in [-0.3, -0.25) is 4.90 Å². The molecular weight excluding hydrogens is 382 g/mol. The van der Waals surface area contributed by atoms with E-state index in [4.69, 9.17) is 10.7 Å². The lowest BCUT2D eigenvalue weighted by Crippen LogP contribution is -2.50. The van der Waals surface area contributed by atoms with Gasteiger partial charge in [-0.15, -0.1) is 0 Å². The number of hydrogen-bond acceptors (Lipinski definition) is 4. The van der Waals surface area contributed by atoms with Crippen LogP contribution in [0.15, 0.2) is 24.3 Å². The van der Waals surface area contributed by atoms with Crippen LogP contribution in [0.25, 0.3) is 11.0 Å². The Kier molecular flexibility index (Phi) is 5.03. The molecule has 5 nitrogen and oxygen atoms in total. The number of nitrogens with zero attached hydrogens (tertiary/aromatic N) is 4. The number of para-hydroxylation sites is 2. The van der Waals surface area contributed by atoms with Crippen LogP contribution in [0, 0.1) is 11.8 Å². The lowest BCUT2D eigenvalue weighted by Gasteiger charge is -2.46. The number of aromatic nitrogens is 2. The molecule has 2 aliphatic heterocycles. The van der Waals surface area contributed by atoms with Crippen molar-refractivity contribution in [2.45, 2.75) is 82.3 Å². The molecule has 2 unspecified atom stereocenters. The Labute approximate surface area is 187 Å². The molecular formula is C26H39N5. The zero-order valence-electron chi connectivity index (χ0n) is 19.2. The summed E-state index contributed by atoms with van der Waals surface area (Å²) < 4.78 is 2.60. The summed E-state index contributed by atoms with van der Waals surface area (Å²) in [5.74, 6) is 2.58. The highest BCUT2D eigenvalue weighted by atomic mass is 15.4. The van der Waals surface area contributed by atoms with E-state index in [1.165, 1.54) is 82.3 Å². The molecule has 4 aliphatic rings. The summed E-state index contributed by atoms with van der Waals surface area (Å²) in [5, 5.41) is 0. The van der Waals surface area contributed by atoms with Crippen molar-refractivity contribution in [1.29, 1.82) is 0 Å². The van der Waals surface area contributed by atoms with Gasteiger partial charge >= 0.3 is 0 Å². The Hall–Kier alpha value is -1.59. The first-order valence-corrected chi connectivity index (χ1v) is 12.9. The summed E-state index contributed by atoms with van der Waals surface area (Å²) in [6, 6.07) is 9.74. The van der Waals surface area contributed by atoms with Crippen LogP contribution in [0.3, 0.4) is 0 Å². The molecule has 6 rings (SSSR count). The first kappa shape index (κ1) is 20.0.